The van der Waals surface area contributed by atoms with Crippen LogP contribution >= 0.6 is 0 Å². The van der Waals surface area contributed by atoms with E-state index in [1.807, 2.05) is 19.2 Å². The molecule has 1 atom stereocenters. The number of hydrogen-bond donors (Lipinski definition) is 0. The predicted molar refractivity (Wildman–Crippen MR) is 74.8 cm³/mol. The molecule has 20 heavy (non-hydrogen) atoms. The summed E-state index contributed by atoms with van der Waals surface area (Å²) in [6.45, 7) is 4.42. The third kappa shape index (κ3) is 2.68. The van der Waals surface area contributed by atoms with Crippen molar-refractivity contribution in [3.8, 4) is 5.88 Å². The molecule has 1 aliphatic heterocycles. The standard InChI is InChI=1S/C14H17N5O/c1-2-20-14-7-13(17-10-18-14)19-6-3-11(9-19)12-8-15-4-5-16-12/h4-5,7-8,10-11H,2-3,6,9H2,1H3. The van der Waals surface area contributed by atoms with Crippen LogP contribution in [0.3, 0.4) is 0 Å². The smallest absolute Gasteiger partial charge is 0.218 e. The molecule has 104 valence electrons. The van der Waals surface area contributed by atoms with Crippen LogP contribution in [0.4, 0.5) is 5.82 Å². The lowest BCUT2D eigenvalue weighted by Gasteiger charge is -2.17. The van der Waals surface area contributed by atoms with E-state index in [1.165, 1.54) is 0 Å². The van der Waals surface area contributed by atoms with Crippen LogP contribution in [0.2, 0.25) is 0 Å². The fraction of sp³-hybridized carbons (Fsp3) is 0.429. The highest BCUT2D eigenvalue weighted by Crippen LogP contribution is 2.29. The Labute approximate surface area is 117 Å². The summed E-state index contributed by atoms with van der Waals surface area (Å²) in [5.74, 6) is 1.95. The number of nitrogens with zero attached hydrogens (tertiary/aromatic N) is 5. The van der Waals surface area contributed by atoms with Crippen LogP contribution in [0.1, 0.15) is 25.0 Å². The highest BCUT2D eigenvalue weighted by atomic mass is 16.5. The molecule has 0 radical (unpaired) electrons. The highest BCUT2D eigenvalue weighted by Gasteiger charge is 2.26. The molecule has 0 amide bonds. The second kappa shape index (κ2) is 5.81. The molecular formula is C14H17N5O. The maximum absolute atomic E-state index is 5.42. The highest BCUT2D eigenvalue weighted by molar-refractivity contribution is 5.42. The van der Waals surface area contributed by atoms with Gasteiger partial charge in [0.15, 0.2) is 0 Å². The molecular weight excluding hydrogens is 254 g/mol. The first-order chi connectivity index (χ1) is 9.86. The lowest BCUT2D eigenvalue weighted by molar-refractivity contribution is 0.326. The third-order valence-electron chi connectivity index (χ3n) is 3.43. The molecule has 2 aromatic heterocycles. The van der Waals surface area contributed by atoms with Gasteiger partial charge >= 0.3 is 0 Å². The number of aromatic nitrogens is 4. The first-order valence-electron chi connectivity index (χ1n) is 6.82. The number of ether oxygens (including phenoxy) is 1. The molecule has 6 heteroatoms. The molecule has 3 heterocycles. The summed E-state index contributed by atoms with van der Waals surface area (Å²) in [5, 5.41) is 0. The summed E-state index contributed by atoms with van der Waals surface area (Å²) >= 11 is 0. The Morgan fingerprint density at radius 2 is 2.25 bits per heavy atom. The normalized spacial score (nSPS) is 18.2. The summed E-state index contributed by atoms with van der Waals surface area (Å²) in [4.78, 5) is 19.2. The predicted octanol–water partition coefficient (Wildman–Crippen LogP) is 1.66. The number of rotatable bonds is 4. The summed E-state index contributed by atoms with van der Waals surface area (Å²) in [6.07, 6.45) is 7.91. The van der Waals surface area contributed by atoms with E-state index < -0.39 is 0 Å². The van der Waals surface area contributed by atoms with Gasteiger partial charge < -0.3 is 9.64 Å². The van der Waals surface area contributed by atoms with Gasteiger partial charge in [-0.3, -0.25) is 9.97 Å². The van der Waals surface area contributed by atoms with Crippen LogP contribution in [0.15, 0.2) is 31.0 Å². The number of hydrogen-bond acceptors (Lipinski definition) is 6. The van der Waals surface area contributed by atoms with E-state index in [0.29, 0.717) is 18.4 Å². The van der Waals surface area contributed by atoms with Crippen LogP contribution < -0.4 is 9.64 Å². The van der Waals surface area contributed by atoms with Gasteiger partial charge in [0, 0.05) is 43.7 Å². The van der Waals surface area contributed by atoms with Crippen LogP contribution in [0.25, 0.3) is 0 Å². The Morgan fingerprint density at radius 1 is 1.30 bits per heavy atom. The average Bonchev–Trinajstić information content (AvgIpc) is 2.99. The molecule has 0 N–H and O–H groups in total. The van der Waals surface area contributed by atoms with Crippen LogP contribution in [-0.4, -0.2) is 39.6 Å². The van der Waals surface area contributed by atoms with E-state index in [0.717, 1.165) is 31.0 Å². The van der Waals surface area contributed by atoms with Gasteiger partial charge in [-0.1, -0.05) is 0 Å². The van der Waals surface area contributed by atoms with E-state index >= 15 is 0 Å². The zero-order chi connectivity index (χ0) is 13.8. The SMILES string of the molecule is CCOc1cc(N2CCC(c3cnccn3)C2)ncn1. The van der Waals surface area contributed by atoms with Gasteiger partial charge in [0.05, 0.1) is 12.3 Å². The Bertz CT molecular complexity index is 563. The molecule has 0 bridgehead atoms. The van der Waals surface area contributed by atoms with Gasteiger partial charge in [-0.2, -0.15) is 0 Å². The van der Waals surface area contributed by atoms with Gasteiger partial charge in [-0.05, 0) is 13.3 Å². The minimum Gasteiger partial charge on any atom is -0.478 e. The molecule has 0 aromatic carbocycles. The van der Waals surface area contributed by atoms with Crippen molar-refractivity contribution < 1.29 is 4.74 Å². The van der Waals surface area contributed by atoms with Crippen molar-refractivity contribution in [2.75, 3.05) is 24.6 Å². The molecule has 1 unspecified atom stereocenters. The third-order valence-corrected chi connectivity index (χ3v) is 3.43. The monoisotopic (exact) mass is 271 g/mol. The molecule has 0 saturated carbocycles. The Balaban J connectivity index is 1.72. The fourth-order valence-electron chi connectivity index (χ4n) is 2.46. The lowest BCUT2D eigenvalue weighted by Crippen LogP contribution is -2.20. The van der Waals surface area contributed by atoms with Gasteiger partial charge in [-0.15, -0.1) is 0 Å². The van der Waals surface area contributed by atoms with Crippen LogP contribution in [0.5, 0.6) is 5.88 Å². The van der Waals surface area contributed by atoms with Gasteiger partial charge in [-0.25, -0.2) is 9.97 Å². The van der Waals surface area contributed by atoms with Gasteiger partial charge in [0.25, 0.3) is 0 Å². The summed E-state index contributed by atoms with van der Waals surface area (Å²) in [7, 11) is 0. The van der Waals surface area contributed by atoms with E-state index in [4.69, 9.17) is 4.74 Å². The topological polar surface area (TPSA) is 64.0 Å². The molecule has 1 aliphatic rings. The van der Waals surface area contributed by atoms with Crippen molar-refractivity contribution in [2.45, 2.75) is 19.3 Å². The fourth-order valence-corrected chi connectivity index (χ4v) is 2.46. The molecule has 3 rings (SSSR count). The first kappa shape index (κ1) is 12.8. The van der Waals surface area contributed by atoms with Crippen LogP contribution in [0, 0.1) is 0 Å². The maximum atomic E-state index is 5.42. The summed E-state index contributed by atoms with van der Waals surface area (Å²) in [6, 6.07) is 1.89. The first-order valence-corrected chi connectivity index (χ1v) is 6.82. The second-order valence-electron chi connectivity index (χ2n) is 4.71. The molecule has 0 aliphatic carbocycles. The summed E-state index contributed by atoms with van der Waals surface area (Å²) in [5.41, 5.74) is 1.05. The molecule has 6 nitrogen and oxygen atoms in total. The minimum absolute atomic E-state index is 0.411. The van der Waals surface area contributed by atoms with Crippen molar-refractivity contribution >= 4 is 5.82 Å². The van der Waals surface area contributed by atoms with Crippen molar-refractivity contribution in [3.05, 3.63) is 36.7 Å². The van der Waals surface area contributed by atoms with Crippen molar-refractivity contribution in [1.82, 2.24) is 19.9 Å². The zero-order valence-electron chi connectivity index (χ0n) is 11.4. The molecule has 1 fully saturated rings. The zero-order valence-corrected chi connectivity index (χ0v) is 11.4. The van der Waals surface area contributed by atoms with Crippen molar-refractivity contribution in [2.24, 2.45) is 0 Å². The number of anilines is 1. The molecule has 0 spiro atoms. The van der Waals surface area contributed by atoms with Crippen molar-refractivity contribution in [3.63, 3.8) is 0 Å². The molecule has 2 aromatic rings. The van der Waals surface area contributed by atoms with E-state index in [1.54, 1.807) is 18.7 Å². The van der Waals surface area contributed by atoms with Gasteiger partial charge in [0.2, 0.25) is 5.88 Å². The van der Waals surface area contributed by atoms with Crippen LogP contribution in [-0.2, 0) is 0 Å². The maximum Gasteiger partial charge on any atom is 0.218 e. The van der Waals surface area contributed by atoms with E-state index in [9.17, 15) is 0 Å². The quantitative estimate of drug-likeness (QED) is 0.842. The Hall–Kier alpha value is -2.24. The molecule has 1 saturated heterocycles. The Morgan fingerprint density at radius 3 is 3.05 bits per heavy atom. The van der Waals surface area contributed by atoms with E-state index in [2.05, 4.69) is 24.8 Å². The second-order valence-corrected chi connectivity index (χ2v) is 4.71. The van der Waals surface area contributed by atoms with E-state index in [-0.39, 0.29) is 0 Å². The van der Waals surface area contributed by atoms with Crippen molar-refractivity contribution in [1.29, 1.82) is 0 Å². The average molecular weight is 271 g/mol. The van der Waals surface area contributed by atoms with Gasteiger partial charge in [0.1, 0.15) is 12.1 Å². The lowest BCUT2D eigenvalue weighted by atomic mass is 10.1. The largest absolute Gasteiger partial charge is 0.478 e. The minimum atomic E-state index is 0.411. The Kier molecular flexibility index (Phi) is 3.71. The summed E-state index contributed by atoms with van der Waals surface area (Å²) < 4.78 is 5.42.